The van der Waals surface area contributed by atoms with E-state index in [1.165, 1.54) is 12.3 Å². The first-order valence-corrected chi connectivity index (χ1v) is 6.06. The molecule has 0 bridgehead atoms. The Morgan fingerprint density at radius 3 is 3.11 bits per heavy atom. The average Bonchev–Trinajstić information content (AvgIpc) is 2.32. The Balaban J connectivity index is 1.99. The number of piperidine rings is 1. The molecule has 0 saturated carbocycles. The molecule has 1 aromatic rings. The molecule has 0 unspecified atom stereocenters. The standard InChI is InChI=1S/C11H14ClFN4O/c1-17-5-3-8(7(13)6-17)15-10(18)9-2-4-14-11(12)16-9/h2,4,7-8H,3,5-6H2,1H3,(H,15,18)/t7-,8+/m1/s1. The van der Waals surface area contributed by atoms with Crippen molar-refractivity contribution in [2.45, 2.75) is 18.6 Å². The van der Waals surface area contributed by atoms with Crippen molar-refractivity contribution in [3.8, 4) is 0 Å². The van der Waals surface area contributed by atoms with Gasteiger partial charge in [-0.25, -0.2) is 14.4 Å². The number of likely N-dealkylation sites (tertiary alicyclic amines) is 1. The smallest absolute Gasteiger partial charge is 0.270 e. The SMILES string of the molecule is CN1CC[C@H](NC(=O)c2ccnc(Cl)n2)[C@H](F)C1. The van der Waals surface area contributed by atoms with E-state index in [9.17, 15) is 9.18 Å². The Hall–Kier alpha value is -1.27. The van der Waals surface area contributed by atoms with Gasteiger partial charge in [0.25, 0.3) is 5.91 Å². The highest BCUT2D eigenvalue weighted by atomic mass is 35.5. The van der Waals surface area contributed by atoms with Crippen LogP contribution in [0.1, 0.15) is 16.9 Å². The normalized spacial score (nSPS) is 24.8. The number of hydrogen-bond acceptors (Lipinski definition) is 4. The third-order valence-corrected chi connectivity index (χ3v) is 3.10. The number of halogens is 2. The molecule has 1 saturated heterocycles. The van der Waals surface area contributed by atoms with E-state index in [0.29, 0.717) is 13.0 Å². The molecular weight excluding hydrogens is 259 g/mol. The lowest BCUT2D eigenvalue weighted by molar-refractivity contribution is 0.0817. The van der Waals surface area contributed by atoms with Crippen LogP contribution >= 0.6 is 11.6 Å². The zero-order valence-corrected chi connectivity index (χ0v) is 10.7. The Morgan fingerprint density at radius 2 is 2.44 bits per heavy atom. The summed E-state index contributed by atoms with van der Waals surface area (Å²) in [6, 6.07) is 0.978. The molecule has 0 aliphatic carbocycles. The Morgan fingerprint density at radius 1 is 1.67 bits per heavy atom. The molecule has 98 valence electrons. The fourth-order valence-electron chi connectivity index (χ4n) is 1.92. The third-order valence-electron chi connectivity index (χ3n) is 2.92. The van der Waals surface area contributed by atoms with Gasteiger partial charge in [-0.3, -0.25) is 4.79 Å². The molecule has 18 heavy (non-hydrogen) atoms. The molecule has 1 aliphatic heterocycles. The largest absolute Gasteiger partial charge is 0.345 e. The molecule has 1 aromatic heterocycles. The fraction of sp³-hybridized carbons (Fsp3) is 0.545. The van der Waals surface area contributed by atoms with Gasteiger partial charge in [0.2, 0.25) is 5.28 Å². The van der Waals surface area contributed by atoms with E-state index in [2.05, 4.69) is 15.3 Å². The minimum absolute atomic E-state index is 0.00262. The van der Waals surface area contributed by atoms with Crippen LogP contribution in [-0.2, 0) is 0 Å². The van der Waals surface area contributed by atoms with Crippen LogP contribution in [-0.4, -0.2) is 53.1 Å². The highest BCUT2D eigenvalue weighted by molar-refractivity contribution is 6.28. The van der Waals surface area contributed by atoms with Gasteiger partial charge in [-0.1, -0.05) is 0 Å². The molecule has 1 fully saturated rings. The van der Waals surface area contributed by atoms with Gasteiger partial charge >= 0.3 is 0 Å². The number of carbonyl (C=O) groups is 1. The van der Waals surface area contributed by atoms with Crippen LogP contribution in [0.3, 0.4) is 0 Å². The first-order chi connectivity index (χ1) is 8.56. The van der Waals surface area contributed by atoms with E-state index in [1.807, 2.05) is 11.9 Å². The number of alkyl halides is 1. The van der Waals surface area contributed by atoms with Gasteiger partial charge < -0.3 is 10.2 Å². The van der Waals surface area contributed by atoms with E-state index in [0.717, 1.165) is 6.54 Å². The van der Waals surface area contributed by atoms with Gasteiger partial charge in [-0.15, -0.1) is 0 Å². The minimum atomic E-state index is -1.06. The monoisotopic (exact) mass is 272 g/mol. The van der Waals surface area contributed by atoms with Gasteiger partial charge in [0.05, 0.1) is 6.04 Å². The van der Waals surface area contributed by atoms with E-state index in [4.69, 9.17) is 11.6 Å². The van der Waals surface area contributed by atoms with Crippen LogP contribution in [0.15, 0.2) is 12.3 Å². The molecule has 0 radical (unpaired) electrons. The lowest BCUT2D eigenvalue weighted by Crippen LogP contribution is -2.51. The first-order valence-electron chi connectivity index (χ1n) is 5.68. The van der Waals surface area contributed by atoms with Crippen molar-refractivity contribution in [1.29, 1.82) is 0 Å². The van der Waals surface area contributed by atoms with Crippen LogP contribution in [0.2, 0.25) is 5.28 Å². The Labute approximate surface area is 109 Å². The maximum Gasteiger partial charge on any atom is 0.270 e. The molecule has 5 nitrogen and oxygen atoms in total. The number of nitrogens with one attached hydrogen (secondary N) is 1. The van der Waals surface area contributed by atoms with Crippen LogP contribution < -0.4 is 5.32 Å². The summed E-state index contributed by atoms with van der Waals surface area (Å²) < 4.78 is 13.7. The summed E-state index contributed by atoms with van der Waals surface area (Å²) in [4.78, 5) is 21.2. The van der Waals surface area contributed by atoms with Crippen molar-refractivity contribution < 1.29 is 9.18 Å². The fourth-order valence-corrected chi connectivity index (χ4v) is 2.07. The van der Waals surface area contributed by atoms with Crippen molar-refractivity contribution in [2.24, 2.45) is 0 Å². The molecule has 0 aromatic carbocycles. The maximum atomic E-state index is 13.7. The number of aromatic nitrogens is 2. The highest BCUT2D eigenvalue weighted by Gasteiger charge is 2.29. The van der Waals surface area contributed by atoms with Gasteiger partial charge in [-0.05, 0) is 31.1 Å². The number of carbonyl (C=O) groups excluding carboxylic acids is 1. The number of rotatable bonds is 2. The van der Waals surface area contributed by atoms with Gasteiger partial charge in [0.1, 0.15) is 11.9 Å². The van der Waals surface area contributed by atoms with Gasteiger partial charge in [0, 0.05) is 19.3 Å². The van der Waals surface area contributed by atoms with Crippen molar-refractivity contribution >= 4 is 17.5 Å². The quantitative estimate of drug-likeness (QED) is 0.813. The first kappa shape index (κ1) is 13.2. The van der Waals surface area contributed by atoms with E-state index >= 15 is 0 Å². The summed E-state index contributed by atoms with van der Waals surface area (Å²) in [7, 11) is 1.86. The molecule has 1 amide bonds. The van der Waals surface area contributed by atoms with E-state index in [1.54, 1.807) is 0 Å². The molecule has 7 heteroatoms. The number of amides is 1. The third kappa shape index (κ3) is 3.14. The lowest BCUT2D eigenvalue weighted by atomic mass is 10.0. The summed E-state index contributed by atoms with van der Waals surface area (Å²) in [5.74, 6) is -0.420. The number of nitrogens with zero attached hydrogens (tertiary/aromatic N) is 3. The summed E-state index contributed by atoms with van der Waals surface area (Å²) in [5, 5.41) is 2.65. The topological polar surface area (TPSA) is 58.1 Å². The molecule has 2 atom stereocenters. The summed E-state index contributed by atoms with van der Waals surface area (Å²) in [6.07, 6.45) is 0.915. The Bertz CT molecular complexity index is 445. The zero-order chi connectivity index (χ0) is 13.1. The van der Waals surface area contributed by atoms with Crippen LogP contribution in [0, 0.1) is 0 Å². The van der Waals surface area contributed by atoms with Crippen molar-refractivity contribution in [3.63, 3.8) is 0 Å². The predicted molar refractivity (Wildman–Crippen MR) is 65.3 cm³/mol. The predicted octanol–water partition coefficient (Wildman–Crippen LogP) is 0.902. The Kier molecular flexibility index (Phi) is 4.08. The molecule has 1 aliphatic rings. The second-order valence-electron chi connectivity index (χ2n) is 4.36. The molecule has 0 spiro atoms. The lowest BCUT2D eigenvalue weighted by Gasteiger charge is -2.32. The van der Waals surface area contributed by atoms with Crippen molar-refractivity contribution in [1.82, 2.24) is 20.2 Å². The summed E-state index contributed by atoms with van der Waals surface area (Å²) in [6.45, 7) is 1.09. The summed E-state index contributed by atoms with van der Waals surface area (Å²) >= 11 is 5.60. The molecular formula is C11H14ClFN4O. The number of hydrogen-bond donors (Lipinski definition) is 1. The second-order valence-corrected chi connectivity index (χ2v) is 4.70. The van der Waals surface area contributed by atoms with Crippen molar-refractivity contribution in [3.05, 3.63) is 23.2 Å². The minimum Gasteiger partial charge on any atom is -0.345 e. The second kappa shape index (κ2) is 5.58. The van der Waals surface area contributed by atoms with E-state index in [-0.39, 0.29) is 11.0 Å². The van der Waals surface area contributed by atoms with Crippen molar-refractivity contribution in [2.75, 3.05) is 20.1 Å². The van der Waals surface area contributed by atoms with Crippen LogP contribution in [0.4, 0.5) is 4.39 Å². The van der Waals surface area contributed by atoms with Gasteiger partial charge in [0.15, 0.2) is 0 Å². The molecule has 2 rings (SSSR count). The zero-order valence-electron chi connectivity index (χ0n) is 9.94. The van der Waals surface area contributed by atoms with Crippen LogP contribution in [0.25, 0.3) is 0 Å². The molecule has 1 N–H and O–H groups in total. The van der Waals surface area contributed by atoms with Gasteiger partial charge in [-0.2, -0.15) is 0 Å². The molecule has 2 heterocycles. The summed E-state index contributed by atoms with van der Waals surface area (Å²) in [5.41, 5.74) is 0.154. The average molecular weight is 273 g/mol. The maximum absolute atomic E-state index is 13.7. The highest BCUT2D eigenvalue weighted by Crippen LogP contribution is 2.13. The van der Waals surface area contributed by atoms with E-state index < -0.39 is 18.1 Å². The van der Waals surface area contributed by atoms with Crippen LogP contribution in [0.5, 0.6) is 0 Å².